The quantitative estimate of drug-likeness (QED) is 0.283. The van der Waals surface area contributed by atoms with Crippen molar-refractivity contribution in [3.8, 4) is 5.75 Å². The zero-order valence-corrected chi connectivity index (χ0v) is 17.6. The molecule has 0 radical (unpaired) electrons. The van der Waals surface area contributed by atoms with Crippen LogP contribution in [0.1, 0.15) is 36.9 Å². The van der Waals surface area contributed by atoms with Gasteiger partial charge in [-0.15, -0.1) is 0 Å². The maximum atomic E-state index is 13.5. The number of hydrogen-bond donors (Lipinski definition) is 1. The van der Waals surface area contributed by atoms with E-state index in [9.17, 15) is 19.1 Å². The Hall–Kier alpha value is -3.19. The van der Waals surface area contributed by atoms with Crippen LogP contribution in [0.25, 0.3) is 5.76 Å². The Kier molecular flexibility index (Phi) is 7.41. The normalized spacial score (nSPS) is 17.9. The summed E-state index contributed by atoms with van der Waals surface area (Å²) >= 11 is 0. The van der Waals surface area contributed by atoms with Crippen LogP contribution in [0.5, 0.6) is 5.75 Å². The summed E-state index contributed by atoms with van der Waals surface area (Å²) in [5.41, 5.74) is 0.884. The van der Waals surface area contributed by atoms with E-state index < -0.39 is 23.5 Å². The Morgan fingerprint density at radius 2 is 1.87 bits per heavy atom. The maximum Gasteiger partial charge on any atom is 0.295 e. The highest BCUT2D eigenvalue weighted by molar-refractivity contribution is 6.46. The minimum absolute atomic E-state index is 0.0262. The number of aliphatic hydroxyl groups is 1. The van der Waals surface area contributed by atoms with Crippen molar-refractivity contribution in [3.05, 3.63) is 71.0 Å². The lowest BCUT2D eigenvalue weighted by Crippen LogP contribution is -2.31. The molecule has 164 valence electrons. The van der Waals surface area contributed by atoms with Crippen LogP contribution < -0.4 is 4.74 Å². The second-order valence-electron chi connectivity index (χ2n) is 7.27. The van der Waals surface area contributed by atoms with E-state index in [1.165, 1.54) is 29.2 Å². The molecule has 1 unspecified atom stereocenters. The van der Waals surface area contributed by atoms with Gasteiger partial charge in [0.15, 0.2) is 0 Å². The van der Waals surface area contributed by atoms with Crippen LogP contribution in [0.15, 0.2) is 54.1 Å². The zero-order chi connectivity index (χ0) is 22.4. The second-order valence-corrected chi connectivity index (χ2v) is 7.27. The van der Waals surface area contributed by atoms with Gasteiger partial charge in [0.25, 0.3) is 11.7 Å². The number of ketones is 1. The van der Waals surface area contributed by atoms with Gasteiger partial charge in [-0.05, 0) is 42.7 Å². The molecule has 2 aromatic rings. The number of rotatable bonds is 9. The van der Waals surface area contributed by atoms with Crippen LogP contribution >= 0.6 is 0 Å². The topological polar surface area (TPSA) is 76.1 Å². The molecule has 1 saturated heterocycles. The first-order valence-corrected chi connectivity index (χ1v) is 10.2. The molecule has 1 N–H and O–H groups in total. The van der Waals surface area contributed by atoms with Crippen LogP contribution in [-0.4, -0.2) is 48.6 Å². The van der Waals surface area contributed by atoms with Gasteiger partial charge in [-0.3, -0.25) is 9.59 Å². The molecule has 1 amide bonds. The number of halogens is 1. The number of Topliss-reactive ketones (excluding diaryl/α,β-unsaturated/α-hetero) is 1. The predicted octanol–water partition coefficient (Wildman–Crippen LogP) is 4.07. The van der Waals surface area contributed by atoms with Gasteiger partial charge in [0.05, 0.1) is 18.2 Å². The monoisotopic (exact) mass is 427 g/mol. The minimum Gasteiger partial charge on any atom is -0.507 e. The molecule has 1 fully saturated rings. The summed E-state index contributed by atoms with van der Waals surface area (Å²) in [7, 11) is 1.55. The summed E-state index contributed by atoms with van der Waals surface area (Å²) < 4.78 is 24.2. The van der Waals surface area contributed by atoms with Crippen LogP contribution in [-0.2, 0) is 14.3 Å². The smallest absolute Gasteiger partial charge is 0.295 e. The van der Waals surface area contributed by atoms with Gasteiger partial charge >= 0.3 is 0 Å². The molecule has 31 heavy (non-hydrogen) atoms. The Balaban J connectivity index is 2.07. The third-order valence-electron chi connectivity index (χ3n) is 5.05. The fourth-order valence-electron chi connectivity index (χ4n) is 3.59. The van der Waals surface area contributed by atoms with E-state index in [2.05, 4.69) is 0 Å². The van der Waals surface area contributed by atoms with Gasteiger partial charge in [-0.2, -0.15) is 0 Å². The lowest BCUT2D eigenvalue weighted by atomic mass is 9.95. The summed E-state index contributed by atoms with van der Waals surface area (Å²) in [6.07, 6.45) is 1.34. The minimum atomic E-state index is -0.822. The lowest BCUT2D eigenvalue weighted by Gasteiger charge is -2.25. The summed E-state index contributed by atoms with van der Waals surface area (Å²) in [4.78, 5) is 27.1. The molecular weight excluding hydrogens is 401 g/mol. The number of benzene rings is 2. The molecule has 6 nitrogen and oxygen atoms in total. The maximum absolute atomic E-state index is 13.5. The highest BCUT2D eigenvalue weighted by Crippen LogP contribution is 2.39. The summed E-state index contributed by atoms with van der Waals surface area (Å²) in [6.45, 7) is 3.17. The van der Waals surface area contributed by atoms with Crippen molar-refractivity contribution in [2.75, 3.05) is 26.9 Å². The van der Waals surface area contributed by atoms with E-state index in [4.69, 9.17) is 9.47 Å². The van der Waals surface area contributed by atoms with Crippen molar-refractivity contribution < 1.29 is 28.6 Å². The first-order valence-electron chi connectivity index (χ1n) is 10.2. The number of aliphatic hydroxyl groups excluding tert-OH is 1. The van der Waals surface area contributed by atoms with Crippen LogP contribution in [0, 0.1) is 5.82 Å². The molecule has 1 aliphatic heterocycles. The number of carbonyl (C=O) groups excluding carboxylic acids is 2. The summed E-state index contributed by atoms with van der Waals surface area (Å²) in [5, 5.41) is 11.1. The highest BCUT2D eigenvalue weighted by Gasteiger charge is 2.45. The molecule has 0 spiro atoms. The van der Waals surface area contributed by atoms with E-state index in [-0.39, 0.29) is 17.9 Å². The largest absolute Gasteiger partial charge is 0.507 e. The highest BCUT2D eigenvalue weighted by atomic mass is 19.1. The molecule has 3 rings (SSSR count). The molecule has 7 heteroatoms. The van der Waals surface area contributed by atoms with E-state index in [1.54, 1.807) is 31.4 Å². The molecule has 1 heterocycles. The second kappa shape index (κ2) is 10.2. The predicted molar refractivity (Wildman–Crippen MR) is 114 cm³/mol. The third kappa shape index (κ3) is 4.94. The van der Waals surface area contributed by atoms with E-state index in [0.29, 0.717) is 36.5 Å². The number of methoxy groups -OCH3 is 1. The number of likely N-dealkylation sites (tertiary alicyclic amines) is 1. The number of amides is 1. The molecular formula is C24H26FNO5. The fraction of sp³-hybridized carbons (Fsp3) is 0.333. The van der Waals surface area contributed by atoms with Gasteiger partial charge < -0.3 is 19.5 Å². The standard InChI is InChI=1S/C24H26FNO5/c1-3-13-31-19-7-4-6-17(15-19)22(27)20-21(16-8-10-18(25)11-9-16)26(12-5-14-30-2)24(29)23(20)28/h4,6-11,15,21,27H,3,5,12-14H2,1-2H3/b22-20+. The van der Waals surface area contributed by atoms with Gasteiger partial charge in [0.2, 0.25) is 0 Å². The zero-order valence-electron chi connectivity index (χ0n) is 17.6. The Labute approximate surface area is 180 Å². The first kappa shape index (κ1) is 22.5. The number of nitrogens with zero attached hydrogens (tertiary/aromatic N) is 1. The Bertz CT molecular complexity index is 970. The molecule has 0 aromatic heterocycles. The number of carbonyl (C=O) groups is 2. The Morgan fingerprint density at radius 3 is 2.55 bits per heavy atom. The SMILES string of the molecule is CCCOc1cccc(/C(O)=C2\C(=O)C(=O)N(CCCOC)C2c2ccc(F)cc2)c1. The molecule has 2 aromatic carbocycles. The van der Waals surface area contributed by atoms with E-state index in [1.807, 2.05) is 6.92 Å². The Morgan fingerprint density at radius 1 is 1.13 bits per heavy atom. The van der Waals surface area contributed by atoms with E-state index >= 15 is 0 Å². The number of hydrogen-bond acceptors (Lipinski definition) is 5. The van der Waals surface area contributed by atoms with Crippen molar-refractivity contribution in [1.82, 2.24) is 4.90 Å². The molecule has 0 saturated carbocycles. The molecule has 1 atom stereocenters. The lowest BCUT2D eigenvalue weighted by molar-refractivity contribution is -0.140. The summed E-state index contributed by atoms with van der Waals surface area (Å²) in [5.74, 6) is -1.64. The molecule has 0 aliphatic carbocycles. The molecule has 0 bridgehead atoms. The van der Waals surface area contributed by atoms with Gasteiger partial charge in [0, 0.05) is 25.8 Å². The fourth-order valence-corrected chi connectivity index (χ4v) is 3.59. The van der Waals surface area contributed by atoms with Crippen LogP contribution in [0.4, 0.5) is 4.39 Å². The van der Waals surface area contributed by atoms with Crippen molar-refractivity contribution in [2.45, 2.75) is 25.8 Å². The average Bonchev–Trinajstić information content (AvgIpc) is 3.03. The molecule has 1 aliphatic rings. The van der Waals surface area contributed by atoms with Gasteiger partial charge in [0.1, 0.15) is 17.3 Å². The van der Waals surface area contributed by atoms with Crippen molar-refractivity contribution >= 4 is 17.4 Å². The van der Waals surface area contributed by atoms with Crippen LogP contribution in [0.2, 0.25) is 0 Å². The van der Waals surface area contributed by atoms with E-state index in [0.717, 1.165) is 6.42 Å². The van der Waals surface area contributed by atoms with Crippen molar-refractivity contribution in [1.29, 1.82) is 0 Å². The van der Waals surface area contributed by atoms with Crippen LogP contribution in [0.3, 0.4) is 0 Å². The van der Waals surface area contributed by atoms with Gasteiger partial charge in [-0.1, -0.05) is 31.2 Å². The van der Waals surface area contributed by atoms with Crippen molar-refractivity contribution in [3.63, 3.8) is 0 Å². The summed E-state index contributed by atoms with van der Waals surface area (Å²) in [6, 6.07) is 11.5. The number of ether oxygens (including phenoxy) is 2. The van der Waals surface area contributed by atoms with Gasteiger partial charge in [-0.25, -0.2) is 4.39 Å². The third-order valence-corrected chi connectivity index (χ3v) is 5.05. The first-order chi connectivity index (χ1) is 15.0. The average molecular weight is 427 g/mol. The van der Waals surface area contributed by atoms with Crippen molar-refractivity contribution in [2.24, 2.45) is 0 Å².